The second kappa shape index (κ2) is 5.92. The lowest BCUT2D eigenvalue weighted by atomic mass is 10.1. The Morgan fingerprint density at radius 1 is 1.21 bits per heavy atom. The van der Waals surface area contributed by atoms with Crippen molar-refractivity contribution in [3.63, 3.8) is 0 Å². The van der Waals surface area contributed by atoms with Crippen LogP contribution in [0.3, 0.4) is 0 Å². The molecule has 3 rings (SSSR count). The molecule has 2 aromatic carbocycles. The Morgan fingerprint density at radius 2 is 1.96 bits per heavy atom. The fraction of sp³-hybridized carbons (Fsp3) is 0.125. The summed E-state index contributed by atoms with van der Waals surface area (Å²) in [5, 5.41) is 0.319. The maximum absolute atomic E-state index is 12.5. The van der Waals surface area contributed by atoms with Crippen LogP contribution in [0.15, 0.2) is 47.6 Å². The van der Waals surface area contributed by atoms with E-state index in [4.69, 9.17) is 15.8 Å². The van der Waals surface area contributed by atoms with E-state index in [2.05, 4.69) is 4.98 Å². The van der Waals surface area contributed by atoms with Gasteiger partial charge in [0.25, 0.3) is 0 Å². The van der Waals surface area contributed by atoms with Crippen LogP contribution in [0.25, 0.3) is 11.0 Å². The summed E-state index contributed by atoms with van der Waals surface area (Å²) in [6.45, 7) is 1.31. The summed E-state index contributed by atoms with van der Waals surface area (Å²) >= 11 is 5.85. The average Bonchev–Trinajstić information content (AvgIpc) is 2.89. The van der Waals surface area contributed by atoms with E-state index in [9.17, 15) is 13.2 Å². The van der Waals surface area contributed by atoms with Crippen molar-refractivity contribution < 1.29 is 17.4 Å². The molecule has 124 valence electrons. The number of carbonyl (C=O) groups is 1. The summed E-state index contributed by atoms with van der Waals surface area (Å²) in [5.41, 5.74) is 1.43. The smallest absolute Gasteiger partial charge is 0.339 e. The van der Waals surface area contributed by atoms with E-state index in [0.29, 0.717) is 10.5 Å². The number of aryl methyl sites for hydroxylation is 1. The Labute approximate surface area is 143 Å². The van der Waals surface area contributed by atoms with E-state index in [1.54, 1.807) is 17.0 Å². The molecule has 0 saturated heterocycles. The number of fused-ring (bicyclic) bond motifs is 1. The van der Waals surface area contributed by atoms with Gasteiger partial charge in [-0.05, 0) is 43.3 Å². The third-order valence-electron chi connectivity index (χ3n) is 3.51. The quantitative estimate of drug-likeness (QED) is 0.524. The predicted octanol–water partition coefficient (Wildman–Crippen LogP) is 3.20. The van der Waals surface area contributed by atoms with E-state index >= 15 is 0 Å². The average molecular weight is 365 g/mol. The van der Waals surface area contributed by atoms with Gasteiger partial charge in [-0.1, -0.05) is 11.6 Å². The third-order valence-corrected chi connectivity index (χ3v) is 4.97. The van der Waals surface area contributed by atoms with Gasteiger partial charge in [-0.3, -0.25) is 4.79 Å². The normalized spacial score (nSPS) is 11.6. The molecule has 6 nitrogen and oxygen atoms in total. The van der Waals surface area contributed by atoms with Gasteiger partial charge in [0.05, 0.1) is 22.9 Å². The van der Waals surface area contributed by atoms with E-state index in [1.165, 1.54) is 37.3 Å². The van der Waals surface area contributed by atoms with Crippen molar-refractivity contribution in [1.82, 2.24) is 9.55 Å². The summed E-state index contributed by atoms with van der Waals surface area (Å²) in [6, 6.07) is 8.69. The first-order valence-corrected chi connectivity index (χ1v) is 8.72. The SMILES string of the molecule is CC(=O)c1cc(Cl)ccc1OS(=O)(=O)c1ccc2c(c1)ncn2C. The van der Waals surface area contributed by atoms with Crippen LogP contribution < -0.4 is 4.18 Å². The Bertz CT molecular complexity index is 1060. The van der Waals surface area contributed by atoms with Gasteiger partial charge in [0, 0.05) is 12.1 Å². The maximum Gasteiger partial charge on any atom is 0.339 e. The zero-order valence-corrected chi connectivity index (χ0v) is 14.4. The van der Waals surface area contributed by atoms with E-state index in [1.807, 2.05) is 7.05 Å². The monoisotopic (exact) mass is 364 g/mol. The third kappa shape index (κ3) is 3.00. The molecule has 8 heteroatoms. The van der Waals surface area contributed by atoms with Crippen molar-refractivity contribution in [2.24, 2.45) is 7.05 Å². The highest BCUT2D eigenvalue weighted by Crippen LogP contribution is 2.27. The second-order valence-electron chi connectivity index (χ2n) is 5.24. The van der Waals surface area contributed by atoms with Crippen molar-refractivity contribution in [3.05, 3.63) is 53.3 Å². The van der Waals surface area contributed by atoms with Crippen molar-refractivity contribution in [1.29, 1.82) is 0 Å². The first kappa shape index (κ1) is 16.5. The van der Waals surface area contributed by atoms with Gasteiger partial charge < -0.3 is 8.75 Å². The summed E-state index contributed by atoms with van der Waals surface area (Å²) < 4.78 is 31.9. The molecular formula is C16H13ClN2O4S. The number of rotatable bonds is 4. The molecule has 0 bridgehead atoms. The molecule has 0 aliphatic heterocycles. The molecule has 0 unspecified atom stereocenters. The minimum Gasteiger partial charge on any atom is -0.378 e. The number of imidazole rings is 1. The van der Waals surface area contributed by atoms with E-state index < -0.39 is 10.1 Å². The summed E-state index contributed by atoms with van der Waals surface area (Å²) in [4.78, 5) is 15.8. The first-order valence-electron chi connectivity index (χ1n) is 6.94. The lowest BCUT2D eigenvalue weighted by molar-refractivity contribution is 0.101. The molecule has 0 fully saturated rings. The molecule has 0 N–H and O–H groups in total. The van der Waals surface area contributed by atoms with Gasteiger partial charge in [-0.15, -0.1) is 0 Å². The highest BCUT2D eigenvalue weighted by atomic mass is 35.5. The number of benzene rings is 2. The summed E-state index contributed by atoms with van der Waals surface area (Å²) in [5.74, 6) is -0.407. The van der Waals surface area contributed by atoms with Crippen LogP contribution in [0.1, 0.15) is 17.3 Å². The predicted molar refractivity (Wildman–Crippen MR) is 90.0 cm³/mol. The summed E-state index contributed by atoms with van der Waals surface area (Å²) in [6.07, 6.45) is 1.59. The Hall–Kier alpha value is -2.38. The van der Waals surface area contributed by atoms with Crippen molar-refractivity contribution >= 4 is 38.5 Å². The minimum absolute atomic E-state index is 0.0434. The van der Waals surface area contributed by atoms with Crippen LogP contribution in [0.5, 0.6) is 5.75 Å². The van der Waals surface area contributed by atoms with Crippen LogP contribution in [-0.2, 0) is 17.2 Å². The lowest BCUT2D eigenvalue weighted by Crippen LogP contribution is -2.12. The Kier molecular flexibility index (Phi) is 4.06. The standard InChI is InChI=1S/C16H13ClN2O4S/c1-10(20)13-7-11(17)3-6-16(13)23-24(21,22)12-4-5-15-14(8-12)18-9-19(15)2/h3-9H,1-2H3. The van der Waals surface area contributed by atoms with Crippen molar-refractivity contribution in [2.75, 3.05) is 0 Å². The number of carbonyl (C=O) groups excluding carboxylic acids is 1. The number of halogens is 1. The fourth-order valence-electron chi connectivity index (χ4n) is 2.29. The molecule has 24 heavy (non-hydrogen) atoms. The minimum atomic E-state index is -4.11. The van der Waals surface area contributed by atoms with Gasteiger partial charge in [0.15, 0.2) is 11.5 Å². The van der Waals surface area contributed by atoms with Gasteiger partial charge in [0.2, 0.25) is 0 Å². The molecule has 1 heterocycles. The van der Waals surface area contributed by atoms with Gasteiger partial charge in [-0.2, -0.15) is 8.42 Å². The molecular weight excluding hydrogens is 352 g/mol. The first-order chi connectivity index (χ1) is 11.3. The lowest BCUT2D eigenvalue weighted by Gasteiger charge is -2.10. The largest absolute Gasteiger partial charge is 0.378 e. The van der Waals surface area contributed by atoms with E-state index in [0.717, 1.165) is 5.52 Å². The van der Waals surface area contributed by atoms with E-state index in [-0.39, 0.29) is 22.0 Å². The van der Waals surface area contributed by atoms with Crippen LogP contribution in [0.4, 0.5) is 0 Å². The zero-order valence-electron chi connectivity index (χ0n) is 12.9. The van der Waals surface area contributed by atoms with Crippen LogP contribution in [-0.4, -0.2) is 23.8 Å². The number of ketones is 1. The number of nitrogens with zero attached hydrogens (tertiary/aromatic N) is 2. The second-order valence-corrected chi connectivity index (χ2v) is 7.22. The molecule has 0 spiro atoms. The molecule has 0 radical (unpaired) electrons. The fourth-order valence-corrected chi connectivity index (χ4v) is 3.43. The molecule has 0 aliphatic rings. The van der Waals surface area contributed by atoms with Crippen LogP contribution >= 0.6 is 11.6 Å². The van der Waals surface area contributed by atoms with Crippen LogP contribution in [0, 0.1) is 0 Å². The highest BCUT2D eigenvalue weighted by molar-refractivity contribution is 7.87. The summed E-state index contributed by atoms with van der Waals surface area (Å²) in [7, 11) is -2.30. The number of hydrogen-bond acceptors (Lipinski definition) is 5. The zero-order chi connectivity index (χ0) is 17.5. The topological polar surface area (TPSA) is 78.3 Å². The van der Waals surface area contributed by atoms with Crippen molar-refractivity contribution in [2.45, 2.75) is 11.8 Å². The van der Waals surface area contributed by atoms with Gasteiger partial charge in [-0.25, -0.2) is 4.98 Å². The number of hydrogen-bond donors (Lipinski definition) is 0. The molecule has 0 atom stereocenters. The number of Topliss-reactive ketones (excluding diaryl/α,β-unsaturated/α-hetero) is 1. The molecule has 3 aromatic rings. The number of aromatic nitrogens is 2. The Balaban J connectivity index is 2.03. The van der Waals surface area contributed by atoms with Gasteiger partial charge >= 0.3 is 10.1 Å². The van der Waals surface area contributed by atoms with Gasteiger partial charge in [0.1, 0.15) is 4.90 Å². The van der Waals surface area contributed by atoms with Crippen LogP contribution in [0.2, 0.25) is 5.02 Å². The molecule has 0 saturated carbocycles. The molecule has 0 amide bonds. The maximum atomic E-state index is 12.5. The Morgan fingerprint density at radius 3 is 2.67 bits per heavy atom. The van der Waals surface area contributed by atoms with Crippen molar-refractivity contribution in [3.8, 4) is 5.75 Å². The highest BCUT2D eigenvalue weighted by Gasteiger charge is 2.21. The molecule has 1 aromatic heterocycles. The molecule has 0 aliphatic carbocycles.